The zero-order valence-corrected chi connectivity index (χ0v) is 15.4. The predicted octanol–water partition coefficient (Wildman–Crippen LogP) is 7.04. The second-order valence-electron chi connectivity index (χ2n) is 6.49. The molecule has 1 fully saturated rings. The van der Waals surface area contributed by atoms with E-state index in [2.05, 4.69) is 13.5 Å². The van der Waals surface area contributed by atoms with Crippen LogP contribution in [0.1, 0.15) is 57.1 Å². The Hall–Kier alpha value is -1.83. The summed E-state index contributed by atoms with van der Waals surface area (Å²) in [7, 11) is 0. The normalized spacial score (nSPS) is 15.8. The van der Waals surface area contributed by atoms with Crippen LogP contribution in [-0.2, 0) is 11.3 Å². The van der Waals surface area contributed by atoms with Gasteiger partial charge in [-0.2, -0.15) is 0 Å². The van der Waals surface area contributed by atoms with Crippen molar-refractivity contribution >= 4 is 0 Å². The third kappa shape index (κ3) is 9.34. The molecule has 0 amide bonds. The van der Waals surface area contributed by atoms with Gasteiger partial charge in [-0.3, -0.25) is 0 Å². The first kappa shape index (κ1) is 20.2. The zero-order valence-electron chi connectivity index (χ0n) is 15.4. The first-order valence-corrected chi connectivity index (χ1v) is 8.88. The fourth-order valence-electron chi connectivity index (χ4n) is 2.56. The van der Waals surface area contributed by atoms with Gasteiger partial charge in [0, 0.05) is 0 Å². The molecular formula is C22H31FO. The Labute approximate surface area is 146 Å². The molecule has 0 unspecified atom stereocenters. The van der Waals surface area contributed by atoms with Gasteiger partial charge in [0.1, 0.15) is 18.2 Å². The number of hydrogen-bond donors (Lipinski definition) is 0. The molecule has 132 valence electrons. The molecular weight excluding hydrogens is 299 g/mol. The molecule has 0 atom stereocenters. The number of aryl methyl sites for hydroxylation is 1. The smallest absolute Gasteiger partial charge is 0.116 e. The fraction of sp³-hybridized carbons (Fsp3) is 0.455. The highest BCUT2D eigenvalue weighted by Crippen LogP contribution is 2.22. The maximum absolute atomic E-state index is 12.4. The molecule has 0 N–H and O–H groups in total. The Kier molecular flexibility index (Phi) is 9.83. The highest BCUT2D eigenvalue weighted by molar-refractivity contribution is 5.22. The van der Waals surface area contributed by atoms with Crippen molar-refractivity contribution in [1.29, 1.82) is 0 Å². The van der Waals surface area contributed by atoms with Crippen LogP contribution in [0.15, 0.2) is 60.7 Å². The molecule has 1 aliphatic rings. The molecule has 0 saturated heterocycles. The molecule has 1 aromatic rings. The summed E-state index contributed by atoms with van der Waals surface area (Å²) in [6.45, 7) is 9.87. The van der Waals surface area contributed by atoms with Crippen LogP contribution in [0, 0.1) is 12.8 Å². The van der Waals surface area contributed by atoms with Crippen LogP contribution in [0.25, 0.3) is 0 Å². The molecule has 1 aliphatic carbocycles. The van der Waals surface area contributed by atoms with E-state index in [0.29, 0.717) is 12.4 Å². The molecule has 0 heterocycles. The standard InChI is InChI=1S/C15H17FO.C7H14/c1-4-15(10-7-13(3)16)17-11-14-8-5-12(2)6-9-14;1-7-5-3-2-4-6-7/h4-10H,3,11H2,1-2H3;7H,2-6H2,1H3/b10-7-,15-4+;. The minimum Gasteiger partial charge on any atom is -0.489 e. The van der Waals surface area contributed by atoms with Crippen molar-refractivity contribution in [3.05, 3.63) is 71.8 Å². The summed E-state index contributed by atoms with van der Waals surface area (Å²) in [5.41, 5.74) is 2.30. The summed E-state index contributed by atoms with van der Waals surface area (Å²) in [6, 6.07) is 8.10. The Bertz CT molecular complexity index is 534. The monoisotopic (exact) mass is 330 g/mol. The lowest BCUT2D eigenvalue weighted by Crippen LogP contribution is -1.99. The number of rotatable bonds is 5. The molecule has 0 bridgehead atoms. The lowest BCUT2D eigenvalue weighted by Gasteiger charge is -2.15. The lowest BCUT2D eigenvalue weighted by molar-refractivity contribution is 0.210. The Balaban J connectivity index is 0.000000341. The number of halogens is 1. The van der Waals surface area contributed by atoms with Crippen molar-refractivity contribution in [2.24, 2.45) is 5.92 Å². The van der Waals surface area contributed by atoms with E-state index in [1.54, 1.807) is 12.2 Å². The molecule has 1 saturated carbocycles. The molecule has 0 radical (unpaired) electrons. The van der Waals surface area contributed by atoms with Gasteiger partial charge in [-0.15, -0.1) is 0 Å². The summed E-state index contributed by atoms with van der Waals surface area (Å²) in [6.07, 6.45) is 12.1. The number of ether oxygens (including phenoxy) is 1. The Morgan fingerprint density at radius 1 is 1.17 bits per heavy atom. The topological polar surface area (TPSA) is 9.23 Å². The Morgan fingerprint density at radius 2 is 1.79 bits per heavy atom. The summed E-state index contributed by atoms with van der Waals surface area (Å²) in [4.78, 5) is 0. The maximum atomic E-state index is 12.4. The average Bonchev–Trinajstić information content (AvgIpc) is 2.57. The highest BCUT2D eigenvalue weighted by atomic mass is 19.1. The second kappa shape index (κ2) is 11.7. The van der Waals surface area contributed by atoms with Crippen LogP contribution < -0.4 is 0 Å². The molecule has 1 nitrogen and oxygen atoms in total. The largest absolute Gasteiger partial charge is 0.489 e. The van der Waals surface area contributed by atoms with Crippen LogP contribution in [0.3, 0.4) is 0 Å². The van der Waals surface area contributed by atoms with Crippen molar-refractivity contribution in [2.75, 3.05) is 0 Å². The average molecular weight is 330 g/mol. The van der Waals surface area contributed by atoms with E-state index in [1.165, 1.54) is 43.7 Å². The van der Waals surface area contributed by atoms with Gasteiger partial charge in [0.25, 0.3) is 0 Å². The number of hydrogen-bond acceptors (Lipinski definition) is 1. The van der Waals surface area contributed by atoms with Crippen molar-refractivity contribution in [1.82, 2.24) is 0 Å². The van der Waals surface area contributed by atoms with E-state index in [4.69, 9.17) is 4.74 Å². The van der Waals surface area contributed by atoms with Gasteiger partial charge in [-0.05, 0) is 43.6 Å². The van der Waals surface area contributed by atoms with Crippen molar-refractivity contribution in [3.8, 4) is 0 Å². The van der Waals surface area contributed by atoms with E-state index in [1.807, 2.05) is 38.1 Å². The fourth-order valence-corrected chi connectivity index (χ4v) is 2.56. The van der Waals surface area contributed by atoms with Gasteiger partial charge in [-0.25, -0.2) is 4.39 Å². The second-order valence-corrected chi connectivity index (χ2v) is 6.49. The lowest BCUT2D eigenvalue weighted by atomic mass is 9.91. The minimum atomic E-state index is -0.483. The molecule has 2 rings (SSSR count). The molecule has 1 aromatic carbocycles. The maximum Gasteiger partial charge on any atom is 0.116 e. The zero-order chi connectivity index (χ0) is 17.8. The first-order chi connectivity index (χ1) is 11.5. The van der Waals surface area contributed by atoms with Gasteiger partial charge >= 0.3 is 0 Å². The van der Waals surface area contributed by atoms with Gasteiger partial charge in [0.2, 0.25) is 0 Å². The van der Waals surface area contributed by atoms with Gasteiger partial charge in [-0.1, -0.05) is 75.4 Å². The van der Waals surface area contributed by atoms with Crippen molar-refractivity contribution < 1.29 is 9.13 Å². The molecule has 0 aliphatic heterocycles. The van der Waals surface area contributed by atoms with E-state index in [-0.39, 0.29) is 0 Å². The number of benzene rings is 1. The van der Waals surface area contributed by atoms with Gasteiger partial charge in [0.05, 0.1) is 0 Å². The summed E-state index contributed by atoms with van der Waals surface area (Å²) in [5, 5.41) is 0. The minimum absolute atomic E-state index is 0.475. The van der Waals surface area contributed by atoms with Gasteiger partial charge in [0.15, 0.2) is 0 Å². The number of allylic oxidation sites excluding steroid dienone is 4. The molecule has 2 heteroatoms. The van der Waals surface area contributed by atoms with Crippen LogP contribution in [-0.4, -0.2) is 0 Å². The molecule has 0 spiro atoms. The third-order valence-electron chi connectivity index (χ3n) is 4.13. The Morgan fingerprint density at radius 3 is 2.25 bits per heavy atom. The van der Waals surface area contributed by atoms with E-state index in [9.17, 15) is 4.39 Å². The van der Waals surface area contributed by atoms with Crippen molar-refractivity contribution in [2.45, 2.75) is 59.5 Å². The summed E-state index contributed by atoms with van der Waals surface area (Å²) < 4.78 is 18.0. The first-order valence-electron chi connectivity index (χ1n) is 8.88. The predicted molar refractivity (Wildman–Crippen MR) is 101 cm³/mol. The molecule has 24 heavy (non-hydrogen) atoms. The summed E-state index contributed by atoms with van der Waals surface area (Å²) >= 11 is 0. The summed E-state index contributed by atoms with van der Waals surface area (Å²) in [5.74, 6) is 1.18. The van der Waals surface area contributed by atoms with E-state index in [0.717, 1.165) is 11.5 Å². The molecule has 0 aromatic heterocycles. The van der Waals surface area contributed by atoms with E-state index < -0.39 is 5.83 Å². The van der Waals surface area contributed by atoms with Crippen LogP contribution in [0.4, 0.5) is 4.39 Å². The highest BCUT2D eigenvalue weighted by Gasteiger charge is 2.05. The van der Waals surface area contributed by atoms with Crippen molar-refractivity contribution in [3.63, 3.8) is 0 Å². The third-order valence-corrected chi connectivity index (χ3v) is 4.13. The van der Waals surface area contributed by atoms with Crippen LogP contribution >= 0.6 is 0 Å². The van der Waals surface area contributed by atoms with Crippen LogP contribution in [0.5, 0.6) is 0 Å². The van der Waals surface area contributed by atoms with E-state index >= 15 is 0 Å². The quantitative estimate of drug-likeness (QED) is 0.415. The van der Waals surface area contributed by atoms with Gasteiger partial charge < -0.3 is 4.74 Å². The van der Waals surface area contributed by atoms with Crippen LogP contribution in [0.2, 0.25) is 0 Å². The SMILES string of the molecule is C=C(F)/C=C\C(=C/C)OCc1ccc(C)cc1.CC1CCCCC1.